The van der Waals surface area contributed by atoms with E-state index in [0.717, 1.165) is 12.8 Å². The number of aromatic carboxylic acids is 1. The molecule has 0 radical (unpaired) electrons. The van der Waals surface area contributed by atoms with E-state index >= 15 is 0 Å². The highest BCUT2D eigenvalue weighted by Crippen LogP contribution is 2.30. The van der Waals surface area contributed by atoms with Crippen LogP contribution in [0.4, 0.5) is 0 Å². The summed E-state index contributed by atoms with van der Waals surface area (Å²) >= 11 is 3.22. The lowest BCUT2D eigenvalue weighted by Crippen LogP contribution is -2.19. The van der Waals surface area contributed by atoms with Crippen LogP contribution in [0.1, 0.15) is 48.6 Å². The van der Waals surface area contributed by atoms with E-state index in [1.54, 1.807) is 10.9 Å². The fourth-order valence-electron chi connectivity index (χ4n) is 2.14. The van der Waals surface area contributed by atoms with Crippen LogP contribution in [0.2, 0.25) is 0 Å². The van der Waals surface area contributed by atoms with E-state index in [2.05, 4.69) is 21.0 Å². The largest absolute Gasteiger partial charge is 0.476 e. The number of aromatic nitrogens is 2. The van der Waals surface area contributed by atoms with Crippen molar-refractivity contribution < 1.29 is 9.90 Å². The molecule has 0 atom stereocenters. The van der Waals surface area contributed by atoms with Crippen molar-refractivity contribution in [3.8, 4) is 0 Å². The standard InChI is InChI=1S/C10H13BrN2O2/c11-8-6-12-13(9(8)10(14)15)7-4-2-1-3-5-7/h6-7H,1-5H2,(H,14,15). The van der Waals surface area contributed by atoms with Crippen LogP contribution in [-0.4, -0.2) is 20.9 Å². The predicted molar refractivity (Wildman–Crippen MR) is 59.0 cm³/mol. The Morgan fingerprint density at radius 2 is 2.13 bits per heavy atom. The first kappa shape index (κ1) is 10.7. The van der Waals surface area contributed by atoms with Crippen LogP contribution < -0.4 is 0 Å². The van der Waals surface area contributed by atoms with Crippen molar-refractivity contribution in [2.75, 3.05) is 0 Å². The highest BCUT2D eigenvalue weighted by molar-refractivity contribution is 9.10. The summed E-state index contributed by atoms with van der Waals surface area (Å²) in [5, 5.41) is 13.2. The summed E-state index contributed by atoms with van der Waals surface area (Å²) < 4.78 is 2.23. The number of rotatable bonds is 2. The van der Waals surface area contributed by atoms with Gasteiger partial charge >= 0.3 is 5.97 Å². The fraction of sp³-hybridized carbons (Fsp3) is 0.600. The first-order valence-corrected chi connectivity index (χ1v) is 5.95. The Kier molecular flexibility index (Phi) is 3.09. The van der Waals surface area contributed by atoms with Crippen LogP contribution in [0.15, 0.2) is 10.7 Å². The highest BCUT2D eigenvalue weighted by Gasteiger charge is 2.23. The molecule has 1 fully saturated rings. The molecule has 1 aromatic heterocycles. The lowest BCUT2D eigenvalue weighted by Gasteiger charge is -2.22. The van der Waals surface area contributed by atoms with Gasteiger partial charge in [0, 0.05) is 0 Å². The number of carboxylic acid groups (broad SMARTS) is 1. The average Bonchev–Trinajstić information content (AvgIpc) is 2.61. The molecule has 15 heavy (non-hydrogen) atoms. The Morgan fingerprint density at radius 3 is 2.73 bits per heavy atom. The van der Waals surface area contributed by atoms with Gasteiger partial charge in [-0.15, -0.1) is 0 Å². The minimum Gasteiger partial charge on any atom is -0.476 e. The molecule has 0 amide bonds. The normalized spacial score (nSPS) is 17.9. The molecule has 0 bridgehead atoms. The molecule has 0 aromatic carbocycles. The summed E-state index contributed by atoms with van der Waals surface area (Å²) in [6.07, 6.45) is 7.23. The third-order valence-corrected chi connectivity index (χ3v) is 3.45. The lowest BCUT2D eigenvalue weighted by molar-refractivity contribution is 0.0677. The second-order valence-corrected chi connectivity index (χ2v) is 4.74. The van der Waals surface area contributed by atoms with Gasteiger partial charge in [0.2, 0.25) is 0 Å². The van der Waals surface area contributed by atoms with E-state index in [1.807, 2.05) is 0 Å². The molecule has 1 aromatic rings. The molecular formula is C10H13BrN2O2. The van der Waals surface area contributed by atoms with E-state index < -0.39 is 5.97 Å². The monoisotopic (exact) mass is 272 g/mol. The van der Waals surface area contributed by atoms with Crippen molar-refractivity contribution in [1.82, 2.24) is 9.78 Å². The van der Waals surface area contributed by atoms with E-state index in [9.17, 15) is 4.79 Å². The van der Waals surface area contributed by atoms with Gasteiger partial charge < -0.3 is 5.11 Å². The number of hydrogen-bond donors (Lipinski definition) is 1. The summed E-state index contributed by atoms with van der Waals surface area (Å²) in [6, 6.07) is 0.260. The van der Waals surface area contributed by atoms with Crippen molar-refractivity contribution in [1.29, 1.82) is 0 Å². The molecule has 82 valence electrons. The summed E-state index contributed by atoms with van der Waals surface area (Å²) in [5.74, 6) is -0.912. The zero-order chi connectivity index (χ0) is 10.8. The van der Waals surface area contributed by atoms with Crippen molar-refractivity contribution in [2.45, 2.75) is 38.1 Å². The van der Waals surface area contributed by atoms with Gasteiger partial charge in [-0.2, -0.15) is 5.10 Å². The van der Waals surface area contributed by atoms with Crippen LogP contribution in [0.25, 0.3) is 0 Å². The van der Waals surface area contributed by atoms with Gasteiger partial charge in [-0.1, -0.05) is 19.3 Å². The summed E-state index contributed by atoms with van der Waals surface area (Å²) in [6.45, 7) is 0. The zero-order valence-electron chi connectivity index (χ0n) is 8.32. The fourth-order valence-corrected chi connectivity index (χ4v) is 2.59. The number of carbonyl (C=O) groups is 1. The Labute approximate surface area is 96.4 Å². The van der Waals surface area contributed by atoms with Crippen LogP contribution in [-0.2, 0) is 0 Å². The van der Waals surface area contributed by atoms with Gasteiger partial charge in [0.1, 0.15) is 0 Å². The van der Waals surface area contributed by atoms with Crippen molar-refractivity contribution in [2.24, 2.45) is 0 Å². The van der Waals surface area contributed by atoms with Gasteiger partial charge in [0.15, 0.2) is 5.69 Å². The maximum Gasteiger partial charge on any atom is 0.355 e. The number of hydrogen-bond acceptors (Lipinski definition) is 2. The molecule has 4 nitrogen and oxygen atoms in total. The van der Waals surface area contributed by atoms with Gasteiger partial charge in [-0.3, -0.25) is 4.68 Å². The third-order valence-electron chi connectivity index (χ3n) is 2.87. The minimum atomic E-state index is -0.912. The molecule has 1 saturated carbocycles. The molecule has 2 rings (SSSR count). The Hall–Kier alpha value is -0.840. The van der Waals surface area contributed by atoms with E-state index in [0.29, 0.717) is 4.47 Å². The van der Waals surface area contributed by atoms with Crippen molar-refractivity contribution in [3.63, 3.8) is 0 Å². The topological polar surface area (TPSA) is 55.1 Å². The van der Waals surface area contributed by atoms with Crippen LogP contribution in [0, 0.1) is 0 Å². The van der Waals surface area contributed by atoms with Crippen molar-refractivity contribution >= 4 is 21.9 Å². The zero-order valence-corrected chi connectivity index (χ0v) is 9.90. The smallest absolute Gasteiger partial charge is 0.355 e. The predicted octanol–water partition coefficient (Wildman–Crippen LogP) is 2.85. The maximum atomic E-state index is 11.1. The first-order chi connectivity index (χ1) is 7.20. The molecule has 1 aliphatic rings. The average molecular weight is 273 g/mol. The minimum absolute atomic E-state index is 0.260. The van der Waals surface area contributed by atoms with Crippen LogP contribution in [0.5, 0.6) is 0 Å². The second kappa shape index (κ2) is 4.35. The number of carboxylic acids is 1. The first-order valence-electron chi connectivity index (χ1n) is 5.16. The molecule has 0 spiro atoms. The molecule has 1 N–H and O–H groups in total. The van der Waals surface area contributed by atoms with Gasteiger partial charge in [-0.25, -0.2) is 4.79 Å². The lowest BCUT2D eigenvalue weighted by atomic mass is 9.95. The molecule has 0 saturated heterocycles. The number of halogens is 1. The van der Waals surface area contributed by atoms with Crippen LogP contribution in [0.3, 0.4) is 0 Å². The molecule has 1 heterocycles. The SMILES string of the molecule is O=C(O)c1c(Br)cnn1C1CCCCC1. The Balaban J connectivity index is 2.30. The quantitative estimate of drug-likeness (QED) is 0.901. The maximum absolute atomic E-state index is 11.1. The van der Waals surface area contributed by atoms with Crippen molar-refractivity contribution in [3.05, 3.63) is 16.4 Å². The molecule has 0 aliphatic heterocycles. The highest BCUT2D eigenvalue weighted by atomic mass is 79.9. The molecule has 0 unspecified atom stereocenters. The number of nitrogens with zero attached hydrogens (tertiary/aromatic N) is 2. The summed E-state index contributed by atoms with van der Waals surface area (Å²) in [4.78, 5) is 11.1. The van der Waals surface area contributed by atoms with E-state index in [1.165, 1.54) is 19.3 Å². The molecule has 5 heteroatoms. The van der Waals surface area contributed by atoms with Crippen LogP contribution >= 0.6 is 15.9 Å². The Morgan fingerprint density at radius 1 is 1.47 bits per heavy atom. The Bertz CT molecular complexity index is 369. The van der Waals surface area contributed by atoms with Gasteiger partial charge in [-0.05, 0) is 28.8 Å². The third kappa shape index (κ3) is 2.07. The van der Waals surface area contributed by atoms with E-state index in [4.69, 9.17) is 5.11 Å². The molecular weight excluding hydrogens is 260 g/mol. The van der Waals surface area contributed by atoms with Gasteiger partial charge in [0.25, 0.3) is 0 Å². The van der Waals surface area contributed by atoms with E-state index in [-0.39, 0.29) is 11.7 Å². The summed E-state index contributed by atoms with van der Waals surface area (Å²) in [5.41, 5.74) is 0.280. The molecule has 1 aliphatic carbocycles. The second-order valence-electron chi connectivity index (χ2n) is 3.88. The summed E-state index contributed by atoms with van der Waals surface area (Å²) in [7, 11) is 0. The van der Waals surface area contributed by atoms with Gasteiger partial charge in [0.05, 0.1) is 16.7 Å².